The average molecular weight is 304 g/mol. The van der Waals surface area contributed by atoms with Crippen molar-refractivity contribution in [1.82, 2.24) is 5.32 Å². The van der Waals surface area contributed by atoms with E-state index in [1.165, 1.54) is 0 Å². The van der Waals surface area contributed by atoms with E-state index in [1.807, 2.05) is 25.1 Å². The molecule has 0 radical (unpaired) electrons. The van der Waals surface area contributed by atoms with Crippen molar-refractivity contribution in [3.8, 4) is 0 Å². The van der Waals surface area contributed by atoms with Crippen LogP contribution in [0.2, 0.25) is 0 Å². The number of carbonyl (C=O) groups is 2. The fraction of sp³-hybridized carbons (Fsp3) is 0.556. The lowest BCUT2D eigenvalue weighted by atomic mass is 10.0. The molecule has 0 saturated heterocycles. The number of carbonyl (C=O) groups excluding carboxylic acids is 2. The van der Waals surface area contributed by atoms with Gasteiger partial charge in [-0.15, -0.1) is 0 Å². The third kappa shape index (κ3) is 5.17. The lowest BCUT2D eigenvalue weighted by molar-refractivity contribution is -0.121. The second-order valence-corrected chi connectivity index (χ2v) is 5.56. The molecule has 4 nitrogen and oxygen atoms in total. The van der Waals surface area contributed by atoms with E-state index in [1.54, 1.807) is 11.8 Å². The Bertz CT molecular complexity index is 512. The lowest BCUT2D eigenvalue weighted by Gasteiger charge is -2.25. The summed E-state index contributed by atoms with van der Waals surface area (Å²) in [4.78, 5) is 25.6. The molecule has 0 atom stereocenters. The van der Waals surface area contributed by atoms with Crippen molar-refractivity contribution >= 4 is 17.5 Å². The lowest BCUT2D eigenvalue weighted by Crippen LogP contribution is -2.35. The number of nitrogens with zero attached hydrogens (tertiary/aromatic N) is 1. The Labute approximate surface area is 133 Å². The summed E-state index contributed by atoms with van der Waals surface area (Å²) in [5.74, 6) is -0.0170. The Morgan fingerprint density at radius 3 is 2.55 bits per heavy atom. The Morgan fingerprint density at radius 1 is 1.23 bits per heavy atom. The fourth-order valence-electron chi connectivity index (χ4n) is 2.52. The molecule has 0 aliphatic carbocycles. The van der Waals surface area contributed by atoms with E-state index in [0.29, 0.717) is 19.5 Å². The van der Waals surface area contributed by atoms with Gasteiger partial charge in [0.2, 0.25) is 11.8 Å². The second-order valence-electron chi connectivity index (χ2n) is 5.56. The van der Waals surface area contributed by atoms with E-state index < -0.39 is 0 Å². The summed E-state index contributed by atoms with van der Waals surface area (Å²) in [6.45, 7) is 8.86. The number of amides is 2. The predicted molar refractivity (Wildman–Crippen MR) is 91.1 cm³/mol. The molecular weight excluding hydrogens is 276 g/mol. The van der Waals surface area contributed by atoms with Gasteiger partial charge in [0.25, 0.3) is 0 Å². The molecule has 1 aromatic rings. The Kier molecular flexibility index (Phi) is 7.64. The van der Waals surface area contributed by atoms with Crippen molar-refractivity contribution in [1.29, 1.82) is 0 Å². The van der Waals surface area contributed by atoms with Gasteiger partial charge in [0.15, 0.2) is 0 Å². The van der Waals surface area contributed by atoms with Gasteiger partial charge in [-0.2, -0.15) is 0 Å². The van der Waals surface area contributed by atoms with Crippen molar-refractivity contribution in [3.05, 3.63) is 29.3 Å². The molecule has 0 aromatic heterocycles. The van der Waals surface area contributed by atoms with E-state index in [9.17, 15) is 9.59 Å². The molecule has 22 heavy (non-hydrogen) atoms. The molecular formula is C18H28N2O2. The van der Waals surface area contributed by atoms with Gasteiger partial charge < -0.3 is 10.2 Å². The predicted octanol–water partition coefficient (Wildman–Crippen LogP) is 3.22. The molecule has 122 valence electrons. The van der Waals surface area contributed by atoms with Crippen LogP contribution in [0.4, 0.5) is 5.69 Å². The van der Waals surface area contributed by atoms with E-state index in [2.05, 4.69) is 19.2 Å². The molecule has 0 spiro atoms. The summed E-state index contributed by atoms with van der Waals surface area (Å²) in [5.41, 5.74) is 3.17. The standard InChI is InChI=1S/C18H28N2O2/c1-5-7-12-19-17(22)11-13-20(15(4)21)18-14(3)9-8-10-16(18)6-2/h8-10H,5-7,11-13H2,1-4H3,(H,19,22). The number of rotatable bonds is 8. The summed E-state index contributed by atoms with van der Waals surface area (Å²) in [7, 11) is 0. The first-order valence-corrected chi connectivity index (χ1v) is 8.14. The van der Waals surface area contributed by atoms with Gasteiger partial charge in [0.05, 0.1) is 0 Å². The summed E-state index contributed by atoms with van der Waals surface area (Å²) >= 11 is 0. The topological polar surface area (TPSA) is 49.4 Å². The molecule has 1 rings (SSSR count). The van der Waals surface area contributed by atoms with Crippen LogP contribution in [0.3, 0.4) is 0 Å². The first kappa shape index (κ1) is 18.2. The van der Waals surface area contributed by atoms with Crippen molar-refractivity contribution in [2.45, 2.75) is 53.4 Å². The number of anilines is 1. The third-order valence-corrected chi connectivity index (χ3v) is 3.77. The van der Waals surface area contributed by atoms with Gasteiger partial charge in [-0.05, 0) is 30.9 Å². The SMILES string of the molecule is CCCCNC(=O)CCN(C(C)=O)c1c(C)cccc1CC. The molecule has 1 N–H and O–H groups in total. The van der Waals surface area contributed by atoms with Crippen molar-refractivity contribution in [2.75, 3.05) is 18.0 Å². The van der Waals surface area contributed by atoms with Crippen molar-refractivity contribution in [2.24, 2.45) is 0 Å². The van der Waals surface area contributed by atoms with Crippen LogP contribution in [0.5, 0.6) is 0 Å². The molecule has 0 aliphatic heterocycles. The molecule has 2 amide bonds. The maximum atomic E-state index is 12.0. The van der Waals surface area contributed by atoms with Gasteiger partial charge in [-0.1, -0.05) is 38.5 Å². The van der Waals surface area contributed by atoms with Crippen molar-refractivity contribution < 1.29 is 9.59 Å². The van der Waals surface area contributed by atoms with Crippen LogP contribution in [0, 0.1) is 6.92 Å². The number of hydrogen-bond acceptors (Lipinski definition) is 2. The minimum absolute atomic E-state index is 0.00586. The zero-order valence-electron chi connectivity index (χ0n) is 14.2. The van der Waals surface area contributed by atoms with Crippen LogP contribution in [-0.2, 0) is 16.0 Å². The Hall–Kier alpha value is -1.84. The van der Waals surface area contributed by atoms with E-state index in [4.69, 9.17) is 0 Å². The molecule has 0 aliphatic rings. The largest absolute Gasteiger partial charge is 0.356 e. The van der Waals surface area contributed by atoms with Gasteiger partial charge in [-0.25, -0.2) is 0 Å². The normalized spacial score (nSPS) is 10.4. The van der Waals surface area contributed by atoms with Crippen LogP contribution in [0.25, 0.3) is 0 Å². The first-order chi connectivity index (χ1) is 10.5. The molecule has 0 fully saturated rings. The number of para-hydroxylation sites is 1. The quantitative estimate of drug-likeness (QED) is 0.750. The van der Waals surface area contributed by atoms with Crippen LogP contribution in [0.1, 0.15) is 51.2 Å². The van der Waals surface area contributed by atoms with Gasteiger partial charge in [0, 0.05) is 32.1 Å². The van der Waals surface area contributed by atoms with E-state index in [-0.39, 0.29) is 11.8 Å². The zero-order valence-corrected chi connectivity index (χ0v) is 14.2. The second kappa shape index (κ2) is 9.23. The van der Waals surface area contributed by atoms with E-state index >= 15 is 0 Å². The average Bonchev–Trinajstić information content (AvgIpc) is 2.48. The van der Waals surface area contributed by atoms with E-state index in [0.717, 1.165) is 36.1 Å². The molecule has 0 bridgehead atoms. The van der Waals surface area contributed by atoms with Gasteiger partial charge in [0.1, 0.15) is 0 Å². The van der Waals surface area contributed by atoms with Crippen LogP contribution < -0.4 is 10.2 Å². The fourth-order valence-corrected chi connectivity index (χ4v) is 2.52. The van der Waals surface area contributed by atoms with Crippen LogP contribution >= 0.6 is 0 Å². The van der Waals surface area contributed by atoms with Crippen LogP contribution in [0.15, 0.2) is 18.2 Å². The number of unbranched alkanes of at least 4 members (excludes halogenated alkanes) is 1. The minimum atomic E-state index is -0.0228. The third-order valence-electron chi connectivity index (χ3n) is 3.77. The summed E-state index contributed by atoms with van der Waals surface area (Å²) in [5, 5.41) is 2.90. The number of benzene rings is 1. The summed E-state index contributed by atoms with van der Waals surface area (Å²) in [6, 6.07) is 6.05. The number of aryl methyl sites for hydroxylation is 2. The highest BCUT2D eigenvalue weighted by molar-refractivity contribution is 5.94. The molecule has 0 saturated carbocycles. The molecule has 4 heteroatoms. The van der Waals surface area contributed by atoms with Gasteiger partial charge in [-0.3, -0.25) is 9.59 Å². The molecule has 1 aromatic carbocycles. The molecule has 0 unspecified atom stereocenters. The highest BCUT2D eigenvalue weighted by Crippen LogP contribution is 2.26. The Balaban J connectivity index is 2.79. The van der Waals surface area contributed by atoms with Crippen molar-refractivity contribution in [3.63, 3.8) is 0 Å². The monoisotopic (exact) mass is 304 g/mol. The first-order valence-electron chi connectivity index (χ1n) is 8.14. The molecule has 0 heterocycles. The Morgan fingerprint density at radius 2 is 1.95 bits per heavy atom. The zero-order chi connectivity index (χ0) is 16.5. The highest BCUT2D eigenvalue weighted by atomic mass is 16.2. The minimum Gasteiger partial charge on any atom is -0.356 e. The maximum absolute atomic E-state index is 12.0. The summed E-state index contributed by atoms with van der Waals surface area (Å²) in [6.07, 6.45) is 3.24. The smallest absolute Gasteiger partial charge is 0.223 e. The number of hydrogen-bond donors (Lipinski definition) is 1. The number of nitrogens with one attached hydrogen (secondary N) is 1. The summed E-state index contributed by atoms with van der Waals surface area (Å²) < 4.78 is 0. The van der Waals surface area contributed by atoms with Gasteiger partial charge >= 0.3 is 0 Å². The maximum Gasteiger partial charge on any atom is 0.223 e. The highest BCUT2D eigenvalue weighted by Gasteiger charge is 2.17. The van der Waals surface area contributed by atoms with Crippen LogP contribution in [-0.4, -0.2) is 24.9 Å².